The highest BCUT2D eigenvalue weighted by Gasteiger charge is 2.32. The van der Waals surface area contributed by atoms with Crippen LogP contribution in [0.3, 0.4) is 0 Å². The first-order valence-electron chi connectivity index (χ1n) is 7.65. The molecule has 0 fully saturated rings. The lowest BCUT2D eigenvalue weighted by molar-refractivity contribution is 0.228. The molecule has 1 atom stereocenters. The topological polar surface area (TPSA) is 58.4 Å². The summed E-state index contributed by atoms with van der Waals surface area (Å²) >= 11 is 0. The highest BCUT2D eigenvalue weighted by molar-refractivity contribution is 5.89. The zero-order valence-electron chi connectivity index (χ0n) is 12.6. The summed E-state index contributed by atoms with van der Waals surface area (Å²) in [4.78, 5) is 13.5. The molecule has 2 aromatic rings. The van der Waals surface area contributed by atoms with E-state index < -0.39 is 6.03 Å². The second-order valence-corrected chi connectivity index (χ2v) is 6.19. The summed E-state index contributed by atoms with van der Waals surface area (Å²) < 4.78 is 0. The van der Waals surface area contributed by atoms with Gasteiger partial charge in [0.25, 0.3) is 0 Å². The van der Waals surface area contributed by atoms with Crippen LogP contribution in [0.1, 0.15) is 22.7 Å². The Hall–Kier alpha value is -2.33. The number of hydrogen-bond acceptors (Lipinski definition) is 2. The van der Waals surface area contributed by atoms with E-state index in [-0.39, 0.29) is 0 Å². The van der Waals surface area contributed by atoms with E-state index in [1.165, 1.54) is 27.8 Å². The first kappa shape index (κ1) is 13.3. The van der Waals surface area contributed by atoms with E-state index in [4.69, 9.17) is 5.73 Å². The summed E-state index contributed by atoms with van der Waals surface area (Å²) in [6.45, 7) is 1.11. The van der Waals surface area contributed by atoms with E-state index in [1.807, 2.05) is 12.1 Å². The van der Waals surface area contributed by atoms with Gasteiger partial charge in [-0.25, -0.2) is 4.79 Å². The average molecular weight is 293 g/mol. The van der Waals surface area contributed by atoms with Crippen LogP contribution in [0.5, 0.6) is 0 Å². The lowest BCUT2D eigenvalue weighted by Crippen LogP contribution is -2.35. The molecule has 0 radical (unpaired) electrons. The number of nitrogens with two attached hydrogens (primary N) is 1. The van der Waals surface area contributed by atoms with Gasteiger partial charge >= 0.3 is 6.03 Å². The number of fused-ring (bicyclic) bond motifs is 2. The minimum Gasteiger partial charge on any atom is -0.351 e. The zero-order chi connectivity index (χ0) is 15.3. The minimum atomic E-state index is -0.525. The molecule has 2 aromatic carbocycles. The van der Waals surface area contributed by atoms with Crippen molar-refractivity contribution in [3.63, 3.8) is 0 Å². The van der Waals surface area contributed by atoms with Crippen LogP contribution < -0.4 is 11.1 Å². The molecule has 1 unspecified atom stereocenters. The number of nitrogens with one attached hydrogen (secondary N) is 1. The molecule has 0 spiro atoms. The van der Waals surface area contributed by atoms with Gasteiger partial charge in [-0.15, -0.1) is 0 Å². The fourth-order valence-corrected chi connectivity index (χ4v) is 3.82. The van der Waals surface area contributed by atoms with Crippen molar-refractivity contribution >= 4 is 11.7 Å². The molecule has 22 heavy (non-hydrogen) atoms. The monoisotopic (exact) mass is 293 g/mol. The number of likely N-dealkylation sites (N-methyl/N-ethyl adjacent to an activating group) is 1. The first-order valence-corrected chi connectivity index (χ1v) is 7.65. The molecule has 3 N–H and O–H groups in total. The van der Waals surface area contributed by atoms with Gasteiger partial charge in [0.2, 0.25) is 0 Å². The predicted molar refractivity (Wildman–Crippen MR) is 87.9 cm³/mol. The van der Waals surface area contributed by atoms with Gasteiger partial charge in [0.15, 0.2) is 0 Å². The number of anilines is 1. The number of amides is 2. The van der Waals surface area contributed by atoms with Gasteiger partial charge in [0, 0.05) is 18.3 Å². The van der Waals surface area contributed by atoms with Crippen molar-refractivity contribution in [3.8, 4) is 11.1 Å². The van der Waals surface area contributed by atoms with Gasteiger partial charge in [-0.3, -0.25) is 4.90 Å². The summed E-state index contributed by atoms with van der Waals surface area (Å²) in [6.07, 6.45) is 2.12. The highest BCUT2D eigenvalue weighted by Crippen LogP contribution is 2.45. The van der Waals surface area contributed by atoms with E-state index in [1.54, 1.807) is 0 Å². The Morgan fingerprint density at radius 3 is 2.91 bits per heavy atom. The summed E-state index contributed by atoms with van der Waals surface area (Å²) in [7, 11) is 2.21. The smallest absolute Gasteiger partial charge is 0.316 e. The molecule has 1 aliphatic heterocycles. The van der Waals surface area contributed by atoms with E-state index >= 15 is 0 Å². The summed E-state index contributed by atoms with van der Waals surface area (Å²) in [5.74, 6) is 0. The Morgan fingerprint density at radius 1 is 1.23 bits per heavy atom. The number of nitrogens with zero attached hydrogens (tertiary/aromatic N) is 1. The van der Waals surface area contributed by atoms with Crippen molar-refractivity contribution in [1.29, 1.82) is 0 Å². The van der Waals surface area contributed by atoms with Crippen molar-refractivity contribution < 1.29 is 4.79 Å². The third kappa shape index (κ3) is 1.99. The average Bonchev–Trinajstić information content (AvgIpc) is 2.50. The lowest BCUT2D eigenvalue weighted by Gasteiger charge is -2.39. The van der Waals surface area contributed by atoms with Crippen LogP contribution in [0.4, 0.5) is 10.5 Å². The first-order chi connectivity index (χ1) is 10.6. The molecule has 0 bridgehead atoms. The molecular weight excluding hydrogens is 274 g/mol. The van der Waals surface area contributed by atoms with Crippen LogP contribution in [0.25, 0.3) is 11.1 Å². The van der Waals surface area contributed by atoms with Crippen LogP contribution in [0.2, 0.25) is 0 Å². The zero-order valence-corrected chi connectivity index (χ0v) is 12.6. The highest BCUT2D eigenvalue weighted by atomic mass is 16.2. The molecular formula is C18H19N3O. The van der Waals surface area contributed by atoms with Gasteiger partial charge in [-0.1, -0.05) is 24.3 Å². The van der Waals surface area contributed by atoms with Crippen molar-refractivity contribution in [2.45, 2.75) is 18.9 Å². The Morgan fingerprint density at radius 2 is 2.09 bits per heavy atom. The molecule has 0 aromatic heterocycles. The number of primary amides is 1. The third-order valence-electron chi connectivity index (χ3n) is 4.88. The lowest BCUT2D eigenvalue weighted by atomic mass is 9.77. The summed E-state index contributed by atoms with van der Waals surface area (Å²) in [5.41, 5.74) is 12.7. The van der Waals surface area contributed by atoms with Gasteiger partial charge in [-0.05, 0) is 59.8 Å². The standard InChI is InChI=1S/C18H19N3O/c1-21-8-7-11-3-2-4-14-15-10-13(20-18(19)22)6-5-12(15)9-16(21)17(11)14/h2-6,10,16H,7-9H2,1H3,(H3,19,20,22). The van der Waals surface area contributed by atoms with Crippen LogP contribution in [0.15, 0.2) is 36.4 Å². The van der Waals surface area contributed by atoms with E-state index in [0.29, 0.717) is 6.04 Å². The Kier molecular flexibility index (Phi) is 2.94. The molecule has 0 saturated carbocycles. The maximum Gasteiger partial charge on any atom is 0.316 e. The Bertz CT molecular complexity index is 769. The van der Waals surface area contributed by atoms with Crippen LogP contribution in [-0.2, 0) is 12.8 Å². The number of benzene rings is 2. The van der Waals surface area contributed by atoms with Crippen molar-refractivity contribution in [1.82, 2.24) is 4.90 Å². The quantitative estimate of drug-likeness (QED) is 0.849. The molecule has 1 heterocycles. The number of carbonyl (C=O) groups is 1. The summed E-state index contributed by atoms with van der Waals surface area (Å²) in [6, 6.07) is 12.6. The van der Waals surface area contributed by atoms with Crippen LogP contribution in [-0.4, -0.2) is 24.5 Å². The number of rotatable bonds is 1. The second-order valence-electron chi connectivity index (χ2n) is 6.19. The molecule has 2 aliphatic rings. The van der Waals surface area contributed by atoms with Crippen molar-refractivity contribution in [2.24, 2.45) is 5.73 Å². The van der Waals surface area contributed by atoms with Gasteiger partial charge in [0.1, 0.15) is 0 Å². The van der Waals surface area contributed by atoms with Crippen molar-refractivity contribution in [2.75, 3.05) is 18.9 Å². The van der Waals surface area contributed by atoms with E-state index in [0.717, 1.165) is 25.1 Å². The largest absolute Gasteiger partial charge is 0.351 e. The molecule has 1 aliphatic carbocycles. The fraction of sp³-hybridized carbons (Fsp3) is 0.278. The molecule has 4 nitrogen and oxygen atoms in total. The summed E-state index contributed by atoms with van der Waals surface area (Å²) in [5, 5.41) is 2.68. The third-order valence-corrected chi connectivity index (χ3v) is 4.88. The normalized spacial score (nSPS) is 19.2. The second kappa shape index (κ2) is 4.85. The van der Waals surface area contributed by atoms with E-state index in [2.05, 4.69) is 41.5 Å². The predicted octanol–water partition coefficient (Wildman–Crippen LogP) is 2.93. The van der Waals surface area contributed by atoms with E-state index in [9.17, 15) is 4.79 Å². The maximum absolute atomic E-state index is 11.1. The Balaban J connectivity index is 1.89. The number of carbonyl (C=O) groups excluding carboxylic acids is 1. The van der Waals surface area contributed by atoms with Gasteiger partial charge < -0.3 is 11.1 Å². The molecule has 4 rings (SSSR count). The fourth-order valence-electron chi connectivity index (χ4n) is 3.82. The SMILES string of the molecule is CN1CCc2cccc3c2C1Cc1ccc(NC(N)=O)cc1-3. The molecule has 2 amide bonds. The molecule has 112 valence electrons. The van der Waals surface area contributed by atoms with Gasteiger partial charge in [0.05, 0.1) is 0 Å². The number of hydrogen-bond donors (Lipinski definition) is 2. The Labute approximate surface area is 129 Å². The molecule has 0 saturated heterocycles. The minimum absolute atomic E-state index is 0.461. The van der Waals surface area contributed by atoms with Crippen LogP contribution in [0, 0.1) is 0 Å². The number of urea groups is 1. The van der Waals surface area contributed by atoms with Gasteiger partial charge in [-0.2, -0.15) is 0 Å². The molecule has 4 heteroatoms. The maximum atomic E-state index is 11.1. The van der Waals surface area contributed by atoms with Crippen molar-refractivity contribution in [3.05, 3.63) is 53.1 Å². The van der Waals surface area contributed by atoms with Crippen LogP contribution >= 0.6 is 0 Å².